The molecule has 2 aliphatic rings. The molecule has 4 unspecified atom stereocenters. The third-order valence-electron chi connectivity index (χ3n) is 5.05. The van der Waals surface area contributed by atoms with E-state index in [1.54, 1.807) is 0 Å². The second kappa shape index (κ2) is 6.36. The molecule has 0 spiro atoms. The predicted octanol–water partition coefficient (Wildman–Crippen LogP) is 0.902. The van der Waals surface area contributed by atoms with E-state index in [1.165, 1.54) is 0 Å². The van der Waals surface area contributed by atoms with Gasteiger partial charge in [0.1, 0.15) is 12.0 Å². The molecule has 1 aromatic rings. The largest absolute Gasteiger partial charge is 0.462 e. The van der Waals surface area contributed by atoms with E-state index >= 15 is 0 Å². The average molecular weight is 305 g/mol. The Kier molecular flexibility index (Phi) is 4.47. The van der Waals surface area contributed by atoms with Crippen molar-refractivity contribution in [3.05, 3.63) is 35.9 Å². The van der Waals surface area contributed by atoms with Crippen LogP contribution in [0.15, 0.2) is 30.3 Å². The van der Waals surface area contributed by atoms with Crippen LogP contribution < -0.4 is 0 Å². The highest BCUT2D eigenvalue weighted by atomic mass is 16.5. The fourth-order valence-electron chi connectivity index (χ4n) is 3.74. The van der Waals surface area contributed by atoms with E-state index in [1.807, 2.05) is 37.4 Å². The molecule has 5 atom stereocenters. The number of benzene rings is 1. The van der Waals surface area contributed by atoms with Gasteiger partial charge in [0, 0.05) is 24.9 Å². The molecule has 2 fully saturated rings. The molecule has 5 nitrogen and oxygen atoms in total. The minimum Gasteiger partial charge on any atom is -0.462 e. The molecule has 2 bridgehead atoms. The minimum absolute atomic E-state index is 0.0702. The number of esters is 1. The summed E-state index contributed by atoms with van der Waals surface area (Å²) in [7, 11) is 2.02. The average Bonchev–Trinajstić information content (AvgIpc) is 2.68. The lowest BCUT2D eigenvalue weighted by Gasteiger charge is -2.36. The molecule has 22 heavy (non-hydrogen) atoms. The van der Waals surface area contributed by atoms with Crippen LogP contribution in [-0.2, 0) is 9.53 Å². The first-order chi connectivity index (χ1) is 10.6. The van der Waals surface area contributed by atoms with Gasteiger partial charge in [-0.3, -0.25) is 9.69 Å². The van der Waals surface area contributed by atoms with Crippen molar-refractivity contribution in [1.29, 1.82) is 0 Å². The Morgan fingerprint density at radius 1 is 1.32 bits per heavy atom. The van der Waals surface area contributed by atoms with E-state index in [2.05, 4.69) is 4.90 Å². The van der Waals surface area contributed by atoms with Gasteiger partial charge >= 0.3 is 5.97 Å². The quantitative estimate of drug-likeness (QED) is 0.809. The normalized spacial score (nSPS) is 32.7. The molecule has 1 aromatic carbocycles. The molecule has 2 aliphatic heterocycles. The Labute approximate surface area is 130 Å². The van der Waals surface area contributed by atoms with E-state index < -0.39 is 5.92 Å². The first kappa shape index (κ1) is 15.5. The zero-order valence-corrected chi connectivity index (χ0v) is 12.8. The number of carbonyl (C=O) groups is 1. The lowest BCUT2D eigenvalue weighted by molar-refractivity contribution is -0.155. The highest BCUT2D eigenvalue weighted by Crippen LogP contribution is 2.36. The third-order valence-corrected chi connectivity index (χ3v) is 5.05. The van der Waals surface area contributed by atoms with Crippen LogP contribution in [0.2, 0.25) is 0 Å². The van der Waals surface area contributed by atoms with Crippen LogP contribution in [-0.4, -0.2) is 59.0 Å². The summed E-state index contributed by atoms with van der Waals surface area (Å²) in [5, 5.41) is 19.6. The number of likely N-dealkylation sites (N-methyl/N-ethyl adjacent to an activating group) is 1. The summed E-state index contributed by atoms with van der Waals surface area (Å²) in [5.74, 6) is -1.01. The predicted molar refractivity (Wildman–Crippen MR) is 81.3 cm³/mol. The summed E-state index contributed by atoms with van der Waals surface area (Å²) in [5.41, 5.74) is 0.769. The van der Waals surface area contributed by atoms with Gasteiger partial charge in [0.05, 0.1) is 12.7 Å². The van der Waals surface area contributed by atoms with E-state index in [0.29, 0.717) is 6.42 Å². The number of rotatable bonds is 4. The summed E-state index contributed by atoms with van der Waals surface area (Å²) < 4.78 is 5.64. The lowest BCUT2D eigenvalue weighted by Crippen LogP contribution is -2.45. The number of hydrogen-bond donors (Lipinski definition) is 2. The van der Waals surface area contributed by atoms with Crippen LogP contribution >= 0.6 is 0 Å². The minimum atomic E-state index is -0.636. The molecule has 0 amide bonds. The smallest absolute Gasteiger partial charge is 0.316 e. The van der Waals surface area contributed by atoms with E-state index in [-0.39, 0.29) is 36.9 Å². The number of piperidine rings is 1. The van der Waals surface area contributed by atoms with Gasteiger partial charge in [0.25, 0.3) is 0 Å². The Balaban J connectivity index is 1.65. The summed E-state index contributed by atoms with van der Waals surface area (Å²) >= 11 is 0. The number of carbonyl (C=O) groups excluding carboxylic acids is 1. The molecular weight excluding hydrogens is 282 g/mol. The lowest BCUT2D eigenvalue weighted by atomic mass is 9.98. The second-order valence-electron chi connectivity index (χ2n) is 6.37. The Morgan fingerprint density at radius 3 is 2.68 bits per heavy atom. The van der Waals surface area contributed by atoms with Gasteiger partial charge in [-0.05, 0) is 19.0 Å². The highest BCUT2D eigenvalue weighted by molar-refractivity contribution is 5.78. The number of aliphatic hydroxyl groups excluding tert-OH is 2. The Morgan fingerprint density at radius 2 is 2.05 bits per heavy atom. The van der Waals surface area contributed by atoms with Crippen LogP contribution in [0, 0.1) is 0 Å². The molecule has 0 aromatic heterocycles. The first-order valence-corrected chi connectivity index (χ1v) is 7.86. The van der Waals surface area contributed by atoms with Crippen LogP contribution in [0.4, 0.5) is 0 Å². The summed E-state index contributed by atoms with van der Waals surface area (Å²) in [6, 6.07) is 9.56. The van der Waals surface area contributed by atoms with Crippen molar-refractivity contribution in [2.45, 2.75) is 49.5 Å². The van der Waals surface area contributed by atoms with Crippen LogP contribution in [0.5, 0.6) is 0 Å². The van der Waals surface area contributed by atoms with Gasteiger partial charge in [0.2, 0.25) is 0 Å². The fraction of sp³-hybridized carbons (Fsp3) is 0.588. The number of fused-ring (bicyclic) bond motifs is 2. The van der Waals surface area contributed by atoms with Crippen molar-refractivity contribution >= 4 is 5.97 Å². The van der Waals surface area contributed by atoms with E-state index in [9.17, 15) is 15.0 Å². The van der Waals surface area contributed by atoms with Gasteiger partial charge in [-0.2, -0.15) is 0 Å². The van der Waals surface area contributed by atoms with Gasteiger partial charge in [-0.15, -0.1) is 0 Å². The monoisotopic (exact) mass is 305 g/mol. The van der Waals surface area contributed by atoms with Gasteiger partial charge < -0.3 is 14.9 Å². The summed E-state index contributed by atoms with van der Waals surface area (Å²) in [4.78, 5) is 14.6. The maximum absolute atomic E-state index is 12.4. The van der Waals surface area contributed by atoms with Crippen LogP contribution in [0.1, 0.15) is 30.7 Å². The van der Waals surface area contributed by atoms with E-state index in [0.717, 1.165) is 18.4 Å². The van der Waals surface area contributed by atoms with Crippen molar-refractivity contribution in [1.82, 2.24) is 4.90 Å². The maximum Gasteiger partial charge on any atom is 0.316 e. The highest BCUT2D eigenvalue weighted by Gasteiger charge is 2.45. The molecule has 0 radical (unpaired) electrons. The number of hydrogen-bond acceptors (Lipinski definition) is 5. The van der Waals surface area contributed by atoms with Crippen molar-refractivity contribution in [2.24, 2.45) is 0 Å². The van der Waals surface area contributed by atoms with Gasteiger partial charge in [0.15, 0.2) is 0 Å². The van der Waals surface area contributed by atoms with Crippen molar-refractivity contribution in [3.8, 4) is 0 Å². The number of ether oxygens (including phenoxy) is 1. The molecule has 0 aliphatic carbocycles. The molecule has 120 valence electrons. The second-order valence-corrected chi connectivity index (χ2v) is 6.37. The first-order valence-electron chi connectivity index (χ1n) is 7.86. The zero-order valence-electron chi connectivity index (χ0n) is 12.8. The van der Waals surface area contributed by atoms with Gasteiger partial charge in [-0.25, -0.2) is 0 Å². The van der Waals surface area contributed by atoms with Gasteiger partial charge in [-0.1, -0.05) is 30.3 Å². The fourth-order valence-corrected chi connectivity index (χ4v) is 3.74. The molecule has 2 N–H and O–H groups in total. The standard InChI is InChI=1S/C17H23NO4/c1-18-12-7-13(9-15(18)16(20)8-12)22-17(21)14(10-19)11-5-3-2-4-6-11/h2-6,12-16,19-20H,7-10H2,1H3/t12?,13?,14-,15?,16?/m1/s1. The molecule has 2 saturated heterocycles. The molecule has 2 heterocycles. The number of nitrogens with zero attached hydrogens (tertiary/aromatic N) is 1. The number of aliphatic hydroxyl groups is 2. The SMILES string of the molecule is CN1C2CC(OC(=O)[C@H](CO)c3ccccc3)CC1C(O)C2. The molecule has 0 saturated carbocycles. The Bertz CT molecular complexity index is 521. The molecule has 3 rings (SSSR count). The maximum atomic E-state index is 12.4. The van der Waals surface area contributed by atoms with Crippen LogP contribution in [0.3, 0.4) is 0 Å². The Hall–Kier alpha value is -1.43. The molecule has 5 heteroatoms. The van der Waals surface area contributed by atoms with E-state index in [4.69, 9.17) is 4.74 Å². The van der Waals surface area contributed by atoms with Crippen molar-refractivity contribution < 1.29 is 19.7 Å². The molecular formula is C17H23NO4. The summed E-state index contributed by atoms with van der Waals surface area (Å²) in [6.07, 6.45) is 1.66. The van der Waals surface area contributed by atoms with Crippen molar-refractivity contribution in [3.63, 3.8) is 0 Å². The van der Waals surface area contributed by atoms with Crippen molar-refractivity contribution in [2.75, 3.05) is 13.7 Å². The topological polar surface area (TPSA) is 70.0 Å². The zero-order chi connectivity index (χ0) is 15.7. The third kappa shape index (κ3) is 2.89. The van der Waals surface area contributed by atoms with Crippen LogP contribution in [0.25, 0.3) is 0 Å². The summed E-state index contributed by atoms with van der Waals surface area (Å²) in [6.45, 7) is -0.259.